The summed E-state index contributed by atoms with van der Waals surface area (Å²) in [6, 6.07) is 0. The Morgan fingerprint density at radius 3 is 2.70 bits per heavy atom. The maximum atomic E-state index is 11.9. The minimum absolute atomic E-state index is 0.00409. The van der Waals surface area contributed by atoms with Crippen molar-refractivity contribution in [3.8, 4) is 0 Å². The predicted molar refractivity (Wildman–Crippen MR) is 89.4 cm³/mol. The number of allylic oxidation sites excluding steroid dienone is 5. The Labute approximate surface area is 136 Å². The summed E-state index contributed by atoms with van der Waals surface area (Å²) in [5.41, 5.74) is 1.40. The van der Waals surface area contributed by atoms with Crippen LogP contribution in [0.4, 0.5) is 0 Å². The molecule has 0 unspecified atom stereocenters. The zero-order valence-corrected chi connectivity index (χ0v) is 14.0. The molecule has 0 aromatic carbocycles. The quantitative estimate of drug-likeness (QED) is 0.791. The Morgan fingerprint density at radius 1 is 1.30 bits per heavy atom. The van der Waals surface area contributed by atoms with Gasteiger partial charge in [0.1, 0.15) is 11.7 Å². The number of ether oxygens (including phenoxy) is 1. The second-order valence-electron chi connectivity index (χ2n) is 5.68. The molecule has 6 heteroatoms. The Hall–Kier alpha value is -2.05. The molecule has 2 rings (SSSR count). The first-order valence-corrected chi connectivity index (χ1v) is 7.82. The van der Waals surface area contributed by atoms with E-state index >= 15 is 0 Å². The number of nitrogens with zero attached hydrogens (tertiary/aromatic N) is 3. The Balaban J connectivity index is 2.37. The van der Waals surface area contributed by atoms with Gasteiger partial charge in [-0.15, -0.1) is 0 Å². The summed E-state index contributed by atoms with van der Waals surface area (Å²) in [5.74, 6) is 1.53. The Morgan fingerprint density at radius 2 is 2.04 bits per heavy atom. The van der Waals surface area contributed by atoms with E-state index in [0.717, 1.165) is 5.06 Å². The maximum Gasteiger partial charge on any atom is 0.182 e. The lowest BCUT2D eigenvalue weighted by Gasteiger charge is -2.24. The van der Waals surface area contributed by atoms with Crippen molar-refractivity contribution in [2.45, 2.75) is 34.1 Å². The number of carbonyl (C=O) groups is 1. The van der Waals surface area contributed by atoms with E-state index in [1.807, 2.05) is 20.8 Å². The van der Waals surface area contributed by atoms with Crippen LogP contribution in [0.5, 0.6) is 0 Å². The molecule has 0 amide bonds. The molecule has 124 valence electrons. The highest BCUT2D eigenvalue weighted by Crippen LogP contribution is 2.25. The largest absolute Gasteiger partial charge is 0.381 e. The molecular weight excluding hydrogens is 294 g/mol. The first-order valence-electron chi connectivity index (χ1n) is 7.82. The van der Waals surface area contributed by atoms with Gasteiger partial charge in [-0.2, -0.15) is 5.06 Å². The van der Waals surface area contributed by atoms with Crippen LogP contribution in [0, 0.1) is 5.92 Å². The smallest absolute Gasteiger partial charge is 0.182 e. The summed E-state index contributed by atoms with van der Waals surface area (Å²) >= 11 is 0. The Bertz CT molecular complexity index is 639. The predicted octanol–water partition coefficient (Wildman–Crippen LogP) is 2.87. The van der Waals surface area contributed by atoms with Crippen LogP contribution in [0.1, 0.15) is 34.1 Å². The maximum absolute atomic E-state index is 11.9. The Kier molecular flexibility index (Phi) is 5.63. The zero-order chi connectivity index (χ0) is 17.0. The van der Waals surface area contributed by atoms with Crippen LogP contribution in [0.25, 0.3) is 0 Å². The van der Waals surface area contributed by atoms with Gasteiger partial charge in [0.2, 0.25) is 0 Å². The van der Waals surface area contributed by atoms with E-state index in [9.17, 15) is 10.0 Å². The lowest BCUT2D eigenvalue weighted by molar-refractivity contribution is -0.111. The summed E-state index contributed by atoms with van der Waals surface area (Å²) in [7, 11) is 0. The average Bonchev–Trinajstić information content (AvgIpc) is 2.51. The van der Waals surface area contributed by atoms with E-state index in [0.29, 0.717) is 48.3 Å². The standard InChI is InChI=1S/C17H23N3O3/c1-5-23-9-8-16-18-12(4)20(22)17(19-16)13-6-7-15(21)14(10-13)11(2)3/h6-7,10-11,22H,5,8-9H2,1-4H3. The molecule has 0 aromatic heterocycles. The molecule has 6 nitrogen and oxygen atoms in total. The second kappa shape index (κ2) is 7.48. The van der Waals surface area contributed by atoms with Crippen molar-refractivity contribution < 1.29 is 14.7 Å². The van der Waals surface area contributed by atoms with E-state index in [2.05, 4.69) is 9.98 Å². The van der Waals surface area contributed by atoms with Crippen molar-refractivity contribution in [1.82, 2.24) is 5.06 Å². The van der Waals surface area contributed by atoms with Gasteiger partial charge in [0, 0.05) is 24.2 Å². The van der Waals surface area contributed by atoms with Crippen LogP contribution in [0.2, 0.25) is 0 Å². The first kappa shape index (κ1) is 17.3. The van der Waals surface area contributed by atoms with E-state index in [1.54, 1.807) is 19.1 Å². The number of carbonyl (C=O) groups excluding carboxylic acids is 1. The van der Waals surface area contributed by atoms with Gasteiger partial charge < -0.3 is 4.74 Å². The minimum atomic E-state index is -0.00409. The third kappa shape index (κ3) is 4.03. The molecule has 1 heterocycles. The third-order valence-corrected chi connectivity index (χ3v) is 3.60. The van der Waals surface area contributed by atoms with E-state index in [4.69, 9.17) is 4.74 Å². The summed E-state index contributed by atoms with van der Waals surface area (Å²) in [6.07, 6.45) is 5.55. The second-order valence-corrected chi connectivity index (χ2v) is 5.68. The molecule has 0 saturated carbocycles. The zero-order valence-electron chi connectivity index (χ0n) is 14.0. The minimum Gasteiger partial charge on any atom is -0.381 e. The van der Waals surface area contributed by atoms with E-state index < -0.39 is 0 Å². The normalized spacial score (nSPS) is 21.6. The van der Waals surface area contributed by atoms with Crippen LogP contribution < -0.4 is 0 Å². The number of hydrogen-bond donors (Lipinski definition) is 1. The fourth-order valence-electron chi connectivity index (χ4n) is 2.33. The SMILES string of the molecule is CCOCCC1=NC(=C2C=CC(=O)C(C(C)C)=C2)N(O)C(C)=N1. The summed E-state index contributed by atoms with van der Waals surface area (Å²) in [4.78, 5) is 20.6. The van der Waals surface area contributed by atoms with Gasteiger partial charge in [-0.05, 0) is 38.0 Å². The molecule has 1 aliphatic carbocycles. The highest BCUT2D eigenvalue weighted by Gasteiger charge is 2.23. The topological polar surface area (TPSA) is 74.5 Å². The summed E-state index contributed by atoms with van der Waals surface area (Å²) < 4.78 is 5.33. The molecule has 0 spiro atoms. The molecule has 0 bridgehead atoms. The van der Waals surface area contributed by atoms with Crippen LogP contribution in [0.3, 0.4) is 0 Å². The van der Waals surface area contributed by atoms with Gasteiger partial charge in [0.25, 0.3) is 0 Å². The van der Waals surface area contributed by atoms with Gasteiger partial charge in [-0.3, -0.25) is 10.0 Å². The van der Waals surface area contributed by atoms with Crippen molar-refractivity contribution in [1.29, 1.82) is 0 Å². The fraction of sp³-hybridized carbons (Fsp3) is 0.471. The van der Waals surface area contributed by atoms with Crippen molar-refractivity contribution in [2.75, 3.05) is 13.2 Å². The summed E-state index contributed by atoms with van der Waals surface area (Å²) in [5, 5.41) is 11.2. The molecule has 1 aliphatic heterocycles. The molecule has 0 saturated heterocycles. The van der Waals surface area contributed by atoms with Crippen LogP contribution in [0.15, 0.2) is 45.2 Å². The van der Waals surface area contributed by atoms with Gasteiger partial charge in [-0.25, -0.2) is 9.98 Å². The van der Waals surface area contributed by atoms with Crippen molar-refractivity contribution in [3.63, 3.8) is 0 Å². The molecule has 2 aliphatic rings. The number of aliphatic imine (C=N–C) groups is 2. The molecule has 23 heavy (non-hydrogen) atoms. The van der Waals surface area contributed by atoms with Crippen molar-refractivity contribution >= 4 is 17.5 Å². The third-order valence-electron chi connectivity index (χ3n) is 3.60. The molecule has 1 N–H and O–H groups in total. The van der Waals surface area contributed by atoms with Crippen LogP contribution in [-0.4, -0.2) is 40.9 Å². The first-order chi connectivity index (χ1) is 10.9. The lowest BCUT2D eigenvalue weighted by atomic mass is 9.92. The molecule has 0 fully saturated rings. The monoisotopic (exact) mass is 317 g/mol. The fourth-order valence-corrected chi connectivity index (χ4v) is 2.33. The van der Waals surface area contributed by atoms with Crippen LogP contribution >= 0.6 is 0 Å². The molecular formula is C17H23N3O3. The van der Waals surface area contributed by atoms with Gasteiger partial charge in [-0.1, -0.05) is 13.8 Å². The molecule has 0 aromatic rings. The van der Waals surface area contributed by atoms with Gasteiger partial charge in [0.15, 0.2) is 11.6 Å². The highest BCUT2D eigenvalue weighted by molar-refractivity contribution is 6.06. The van der Waals surface area contributed by atoms with Crippen molar-refractivity contribution in [2.24, 2.45) is 15.9 Å². The van der Waals surface area contributed by atoms with E-state index in [-0.39, 0.29) is 11.7 Å². The van der Waals surface area contributed by atoms with Gasteiger partial charge in [0.05, 0.1) is 6.61 Å². The van der Waals surface area contributed by atoms with Crippen molar-refractivity contribution in [3.05, 3.63) is 35.2 Å². The number of hydroxylamine groups is 2. The van der Waals surface area contributed by atoms with Crippen LogP contribution in [-0.2, 0) is 9.53 Å². The van der Waals surface area contributed by atoms with E-state index in [1.165, 1.54) is 6.08 Å². The highest BCUT2D eigenvalue weighted by atomic mass is 16.5. The number of amidine groups is 2. The van der Waals surface area contributed by atoms with Gasteiger partial charge >= 0.3 is 0 Å². The summed E-state index contributed by atoms with van der Waals surface area (Å²) in [6.45, 7) is 8.74. The molecule has 0 atom stereocenters. The number of ketones is 1. The molecule has 0 radical (unpaired) electrons. The lowest BCUT2D eigenvalue weighted by Crippen LogP contribution is -2.30. The average molecular weight is 317 g/mol. The number of rotatable bonds is 5. The number of hydrogen-bond acceptors (Lipinski definition) is 6.